The Balaban J connectivity index is 1.83. The highest BCUT2D eigenvalue weighted by Gasteiger charge is 2.30. The molecule has 0 aromatic carbocycles. The van der Waals surface area contributed by atoms with Crippen molar-refractivity contribution in [2.45, 2.75) is 45.7 Å². The molecule has 0 saturated heterocycles. The molecule has 1 aliphatic carbocycles. The number of hydrogen-bond donors (Lipinski definition) is 1. The van der Waals surface area contributed by atoms with Gasteiger partial charge in [-0.15, -0.1) is 0 Å². The largest absolute Gasteiger partial charge is 0.308 e. The summed E-state index contributed by atoms with van der Waals surface area (Å²) in [6.45, 7) is 5.60. The molecule has 1 saturated carbocycles. The van der Waals surface area contributed by atoms with Gasteiger partial charge in [-0.25, -0.2) is 0 Å². The van der Waals surface area contributed by atoms with Crippen LogP contribution < -0.4 is 5.32 Å². The highest BCUT2D eigenvalue weighted by atomic mass is 15.3. The maximum Gasteiger partial charge on any atom is 0.0762 e. The van der Waals surface area contributed by atoms with Gasteiger partial charge in [-0.2, -0.15) is 5.10 Å². The highest BCUT2D eigenvalue weighted by molar-refractivity contribution is 4.99. The topological polar surface area (TPSA) is 29.9 Å². The summed E-state index contributed by atoms with van der Waals surface area (Å²) in [4.78, 5) is 0. The van der Waals surface area contributed by atoms with Crippen LogP contribution in [0.2, 0.25) is 0 Å². The lowest BCUT2D eigenvalue weighted by Gasteiger charge is -2.20. The van der Waals surface area contributed by atoms with Gasteiger partial charge in [0.1, 0.15) is 0 Å². The van der Waals surface area contributed by atoms with Crippen LogP contribution in [0.4, 0.5) is 0 Å². The van der Waals surface area contributed by atoms with Gasteiger partial charge in [-0.05, 0) is 30.7 Å². The van der Waals surface area contributed by atoms with E-state index in [9.17, 15) is 0 Å². The zero-order valence-corrected chi connectivity index (χ0v) is 10.6. The van der Waals surface area contributed by atoms with Crippen molar-refractivity contribution in [1.82, 2.24) is 15.1 Å². The molecule has 3 heteroatoms. The third-order valence-electron chi connectivity index (χ3n) is 4.07. The fourth-order valence-electron chi connectivity index (χ4n) is 2.90. The molecule has 1 N–H and O–H groups in total. The van der Waals surface area contributed by atoms with Crippen LogP contribution in [0.15, 0.2) is 12.3 Å². The zero-order valence-electron chi connectivity index (χ0n) is 10.6. The quantitative estimate of drug-likeness (QED) is 0.845. The molecular weight excluding hydrogens is 198 g/mol. The van der Waals surface area contributed by atoms with Gasteiger partial charge in [0.25, 0.3) is 0 Å². The van der Waals surface area contributed by atoms with Gasteiger partial charge in [0.15, 0.2) is 0 Å². The number of aromatic nitrogens is 2. The van der Waals surface area contributed by atoms with Crippen LogP contribution in [0.5, 0.6) is 0 Å². The molecular formula is C13H23N3. The predicted molar refractivity (Wildman–Crippen MR) is 66.0 cm³/mol. The van der Waals surface area contributed by atoms with Crippen molar-refractivity contribution in [3.8, 4) is 0 Å². The molecule has 1 aliphatic rings. The van der Waals surface area contributed by atoms with Crippen molar-refractivity contribution < 1.29 is 0 Å². The molecule has 1 aromatic rings. The summed E-state index contributed by atoms with van der Waals surface area (Å²) in [5.74, 6) is 1.73. The lowest BCUT2D eigenvalue weighted by Crippen LogP contribution is -2.32. The van der Waals surface area contributed by atoms with Gasteiger partial charge in [-0.3, -0.25) is 4.68 Å². The third-order valence-corrected chi connectivity index (χ3v) is 4.07. The second kappa shape index (κ2) is 5.00. The fraction of sp³-hybridized carbons (Fsp3) is 0.769. The Kier molecular flexibility index (Phi) is 3.64. The van der Waals surface area contributed by atoms with Crippen molar-refractivity contribution in [3.05, 3.63) is 18.0 Å². The third kappa shape index (κ3) is 2.46. The highest BCUT2D eigenvalue weighted by Crippen LogP contribution is 2.33. The minimum atomic E-state index is 0.687. The van der Waals surface area contributed by atoms with Gasteiger partial charge in [0.05, 0.1) is 5.69 Å². The summed E-state index contributed by atoms with van der Waals surface area (Å²) >= 11 is 0. The first-order chi connectivity index (χ1) is 7.70. The summed E-state index contributed by atoms with van der Waals surface area (Å²) in [6.07, 6.45) is 6.04. The van der Waals surface area contributed by atoms with Crippen LogP contribution >= 0.6 is 0 Å². The number of nitrogens with zero attached hydrogens (tertiary/aromatic N) is 2. The maximum absolute atomic E-state index is 4.39. The first kappa shape index (κ1) is 11.6. The van der Waals surface area contributed by atoms with E-state index in [0.29, 0.717) is 6.04 Å². The van der Waals surface area contributed by atoms with Crippen LogP contribution in [-0.2, 0) is 13.6 Å². The number of aryl methyl sites for hydroxylation is 1. The van der Waals surface area contributed by atoms with E-state index in [-0.39, 0.29) is 0 Å². The molecule has 3 atom stereocenters. The van der Waals surface area contributed by atoms with Crippen LogP contribution in [0.1, 0.15) is 38.8 Å². The number of nitrogens with one attached hydrogen (secondary N) is 1. The SMILES string of the molecule is CCC1CCC(NCc2ccn(C)n2)C1C. The summed E-state index contributed by atoms with van der Waals surface area (Å²) in [5.41, 5.74) is 1.15. The van der Waals surface area contributed by atoms with Gasteiger partial charge in [0.2, 0.25) is 0 Å². The average molecular weight is 221 g/mol. The second-order valence-electron chi connectivity index (χ2n) is 5.07. The first-order valence-electron chi connectivity index (χ1n) is 6.42. The summed E-state index contributed by atoms with van der Waals surface area (Å²) < 4.78 is 1.87. The van der Waals surface area contributed by atoms with E-state index in [1.165, 1.54) is 19.3 Å². The molecule has 90 valence electrons. The van der Waals surface area contributed by atoms with Crippen molar-refractivity contribution in [1.29, 1.82) is 0 Å². The standard InChI is InChI=1S/C13H23N3/c1-4-11-5-6-13(10(11)2)14-9-12-7-8-16(3)15-12/h7-8,10-11,13-14H,4-6,9H2,1-3H3. The summed E-state index contributed by atoms with van der Waals surface area (Å²) in [6, 6.07) is 2.77. The number of rotatable bonds is 4. The lowest BCUT2D eigenvalue weighted by atomic mass is 9.93. The molecule has 0 aliphatic heterocycles. The van der Waals surface area contributed by atoms with Crippen LogP contribution in [-0.4, -0.2) is 15.8 Å². The van der Waals surface area contributed by atoms with Crippen molar-refractivity contribution in [2.75, 3.05) is 0 Å². The van der Waals surface area contributed by atoms with Gasteiger partial charge >= 0.3 is 0 Å². The Bertz CT molecular complexity index is 332. The van der Waals surface area contributed by atoms with Crippen LogP contribution in [0, 0.1) is 11.8 Å². The monoisotopic (exact) mass is 221 g/mol. The van der Waals surface area contributed by atoms with Crippen molar-refractivity contribution in [3.63, 3.8) is 0 Å². The Hall–Kier alpha value is -0.830. The smallest absolute Gasteiger partial charge is 0.0762 e. The Morgan fingerprint density at radius 1 is 1.50 bits per heavy atom. The number of hydrogen-bond acceptors (Lipinski definition) is 2. The lowest BCUT2D eigenvalue weighted by molar-refractivity contribution is 0.343. The van der Waals surface area contributed by atoms with Crippen LogP contribution in [0.3, 0.4) is 0 Å². The van der Waals surface area contributed by atoms with Gasteiger partial charge in [0, 0.05) is 25.8 Å². The van der Waals surface area contributed by atoms with Gasteiger partial charge < -0.3 is 5.32 Å². The molecule has 0 bridgehead atoms. The van der Waals surface area contributed by atoms with Crippen molar-refractivity contribution in [2.24, 2.45) is 18.9 Å². The molecule has 3 unspecified atom stereocenters. The second-order valence-corrected chi connectivity index (χ2v) is 5.07. The fourth-order valence-corrected chi connectivity index (χ4v) is 2.90. The van der Waals surface area contributed by atoms with Crippen LogP contribution in [0.25, 0.3) is 0 Å². The van der Waals surface area contributed by atoms with E-state index in [2.05, 4.69) is 30.3 Å². The van der Waals surface area contributed by atoms with E-state index in [1.54, 1.807) is 0 Å². The molecule has 0 amide bonds. The molecule has 16 heavy (non-hydrogen) atoms. The first-order valence-corrected chi connectivity index (χ1v) is 6.42. The van der Waals surface area contributed by atoms with E-state index in [1.807, 2.05) is 17.9 Å². The molecule has 3 nitrogen and oxygen atoms in total. The van der Waals surface area contributed by atoms with Crippen molar-refractivity contribution >= 4 is 0 Å². The van der Waals surface area contributed by atoms with E-state index >= 15 is 0 Å². The van der Waals surface area contributed by atoms with Gasteiger partial charge in [-0.1, -0.05) is 20.3 Å². The van der Waals surface area contributed by atoms with E-state index < -0.39 is 0 Å². The minimum absolute atomic E-state index is 0.687. The predicted octanol–water partition coefficient (Wildman–Crippen LogP) is 2.33. The Labute approximate surface area is 98.2 Å². The molecule has 1 aromatic heterocycles. The summed E-state index contributed by atoms with van der Waals surface area (Å²) in [5, 5.41) is 8.04. The Morgan fingerprint density at radius 3 is 2.88 bits per heavy atom. The molecule has 0 spiro atoms. The van der Waals surface area contributed by atoms with E-state index in [4.69, 9.17) is 0 Å². The Morgan fingerprint density at radius 2 is 2.31 bits per heavy atom. The molecule has 1 heterocycles. The normalized spacial score (nSPS) is 29.8. The molecule has 2 rings (SSSR count). The zero-order chi connectivity index (χ0) is 11.5. The van der Waals surface area contributed by atoms with E-state index in [0.717, 1.165) is 24.1 Å². The maximum atomic E-state index is 4.39. The summed E-state index contributed by atoms with van der Waals surface area (Å²) in [7, 11) is 1.97. The average Bonchev–Trinajstić information content (AvgIpc) is 2.83. The molecule has 1 fully saturated rings. The molecule has 0 radical (unpaired) electrons. The minimum Gasteiger partial charge on any atom is -0.308 e.